The number of hydrogen-bond donors (Lipinski definition) is 1. The number of aryl methyl sites for hydroxylation is 2. The summed E-state index contributed by atoms with van der Waals surface area (Å²) in [5.41, 5.74) is 2.23. The van der Waals surface area contributed by atoms with E-state index in [1.54, 1.807) is 11.8 Å². The van der Waals surface area contributed by atoms with Gasteiger partial charge in [0.15, 0.2) is 0 Å². The number of nitrogens with one attached hydrogen (secondary N) is 1. The Kier molecular flexibility index (Phi) is 7.56. The van der Waals surface area contributed by atoms with Gasteiger partial charge in [0.1, 0.15) is 0 Å². The van der Waals surface area contributed by atoms with Crippen LogP contribution in [-0.2, 0) is 13.6 Å². The summed E-state index contributed by atoms with van der Waals surface area (Å²) in [6.45, 7) is 6.21. The molecule has 4 heteroatoms. The third-order valence-corrected chi connectivity index (χ3v) is 3.49. The van der Waals surface area contributed by atoms with E-state index in [0.717, 1.165) is 24.7 Å². The van der Waals surface area contributed by atoms with Crippen molar-refractivity contribution in [3.8, 4) is 5.88 Å². The molecule has 0 atom stereocenters. The molecule has 1 aromatic heterocycles. The van der Waals surface area contributed by atoms with Crippen molar-refractivity contribution >= 4 is 0 Å². The van der Waals surface area contributed by atoms with Gasteiger partial charge in [-0.15, -0.1) is 0 Å². The third-order valence-electron chi connectivity index (χ3n) is 3.49. The topological polar surface area (TPSA) is 39.1 Å². The van der Waals surface area contributed by atoms with Crippen molar-refractivity contribution in [1.82, 2.24) is 15.1 Å². The fraction of sp³-hybridized carbons (Fsp3) is 0.800. The summed E-state index contributed by atoms with van der Waals surface area (Å²) in [4.78, 5) is 0. The van der Waals surface area contributed by atoms with Gasteiger partial charge in [-0.3, -0.25) is 0 Å². The van der Waals surface area contributed by atoms with E-state index in [1.165, 1.54) is 44.1 Å². The maximum absolute atomic E-state index is 5.38. The Hall–Kier alpha value is -1.03. The molecule has 0 amide bonds. The second-order valence-electron chi connectivity index (χ2n) is 5.14. The van der Waals surface area contributed by atoms with E-state index in [-0.39, 0.29) is 0 Å². The molecule has 0 unspecified atom stereocenters. The predicted molar refractivity (Wildman–Crippen MR) is 79.6 cm³/mol. The summed E-state index contributed by atoms with van der Waals surface area (Å²) in [5, 5.41) is 7.87. The van der Waals surface area contributed by atoms with Gasteiger partial charge in [-0.1, -0.05) is 39.0 Å². The summed E-state index contributed by atoms with van der Waals surface area (Å²) in [7, 11) is 3.62. The average Bonchev–Trinajstić information content (AvgIpc) is 2.66. The fourth-order valence-corrected chi connectivity index (χ4v) is 2.38. The predicted octanol–water partition coefficient (Wildman–Crippen LogP) is 3.19. The molecule has 0 aromatic carbocycles. The first-order chi connectivity index (χ1) is 9.20. The van der Waals surface area contributed by atoms with E-state index in [9.17, 15) is 0 Å². The quantitative estimate of drug-likeness (QED) is 0.662. The van der Waals surface area contributed by atoms with Gasteiger partial charge in [0.25, 0.3) is 0 Å². The Morgan fingerprint density at radius 1 is 1.16 bits per heavy atom. The molecule has 0 radical (unpaired) electrons. The fourth-order valence-electron chi connectivity index (χ4n) is 2.38. The number of ether oxygens (including phenoxy) is 1. The number of methoxy groups -OCH3 is 1. The first-order valence-electron chi connectivity index (χ1n) is 7.47. The smallest absolute Gasteiger partial charge is 0.216 e. The molecule has 1 heterocycles. The van der Waals surface area contributed by atoms with Crippen molar-refractivity contribution in [2.75, 3.05) is 13.7 Å². The molecule has 1 aromatic rings. The van der Waals surface area contributed by atoms with Gasteiger partial charge in [0.05, 0.1) is 18.4 Å². The van der Waals surface area contributed by atoms with Crippen molar-refractivity contribution < 1.29 is 4.74 Å². The third kappa shape index (κ3) is 5.23. The summed E-state index contributed by atoms with van der Waals surface area (Å²) < 4.78 is 7.18. The Labute approximate surface area is 117 Å². The summed E-state index contributed by atoms with van der Waals surface area (Å²) in [6.07, 6.45) is 8.02. The highest BCUT2D eigenvalue weighted by atomic mass is 16.5. The van der Waals surface area contributed by atoms with E-state index in [0.29, 0.717) is 0 Å². The van der Waals surface area contributed by atoms with Crippen molar-refractivity contribution in [3.05, 3.63) is 11.3 Å². The number of hydrogen-bond acceptors (Lipinski definition) is 3. The van der Waals surface area contributed by atoms with Crippen LogP contribution in [0.2, 0.25) is 0 Å². The lowest BCUT2D eigenvalue weighted by Crippen LogP contribution is -2.15. The molecule has 0 aliphatic rings. The van der Waals surface area contributed by atoms with Gasteiger partial charge in [0, 0.05) is 13.6 Å². The van der Waals surface area contributed by atoms with Gasteiger partial charge in [-0.2, -0.15) is 5.10 Å². The van der Waals surface area contributed by atoms with Crippen LogP contribution in [0, 0.1) is 6.92 Å². The van der Waals surface area contributed by atoms with Crippen LogP contribution in [0.1, 0.15) is 56.7 Å². The van der Waals surface area contributed by atoms with Crippen LogP contribution in [0.15, 0.2) is 0 Å². The molecule has 0 saturated heterocycles. The monoisotopic (exact) mass is 267 g/mol. The number of rotatable bonds is 10. The van der Waals surface area contributed by atoms with Crippen LogP contribution in [-0.4, -0.2) is 23.4 Å². The highest BCUT2D eigenvalue weighted by Crippen LogP contribution is 2.20. The van der Waals surface area contributed by atoms with Crippen molar-refractivity contribution in [1.29, 1.82) is 0 Å². The highest BCUT2D eigenvalue weighted by molar-refractivity contribution is 5.30. The van der Waals surface area contributed by atoms with Gasteiger partial charge in [0.2, 0.25) is 5.88 Å². The van der Waals surface area contributed by atoms with Crippen LogP contribution in [0.5, 0.6) is 5.88 Å². The molecule has 0 aliphatic carbocycles. The SMILES string of the molecule is CCCCCCCCNCc1c(C)nn(C)c1OC. The lowest BCUT2D eigenvalue weighted by Gasteiger charge is -2.07. The lowest BCUT2D eigenvalue weighted by atomic mass is 10.1. The van der Waals surface area contributed by atoms with Crippen LogP contribution >= 0.6 is 0 Å². The molecule has 1 rings (SSSR count). The largest absolute Gasteiger partial charge is 0.481 e. The first kappa shape index (κ1) is 16.0. The molecule has 0 bridgehead atoms. The van der Waals surface area contributed by atoms with Crippen molar-refractivity contribution in [2.24, 2.45) is 7.05 Å². The average molecular weight is 267 g/mol. The first-order valence-corrected chi connectivity index (χ1v) is 7.47. The number of nitrogens with zero attached hydrogens (tertiary/aromatic N) is 2. The minimum absolute atomic E-state index is 0.845. The Bertz CT molecular complexity index is 361. The number of unbranched alkanes of at least 4 members (excludes halogenated alkanes) is 5. The Morgan fingerprint density at radius 2 is 1.84 bits per heavy atom. The minimum Gasteiger partial charge on any atom is -0.481 e. The zero-order valence-electron chi connectivity index (χ0n) is 13.0. The molecular formula is C15H29N3O. The molecule has 0 spiro atoms. The maximum atomic E-state index is 5.38. The molecule has 0 saturated carbocycles. The summed E-state index contributed by atoms with van der Waals surface area (Å²) in [5.74, 6) is 0.868. The molecule has 4 nitrogen and oxygen atoms in total. The van der Waals surface area contributed by atoms with E-state index >= 15 is 0 Å². The van der Waals surface area contributed by atoms with Crippen LogP contribution in [0.25, 0.3) is 0 Å². The molecule has 19 heavy (non-hydrogen) atoms. The molecular weight excluding hydrogens is 238 g/mol. The molecule has 0 fully saturated rings. The summed E-state index contributed by atoms with van der Waals surface area (Å²) >= 11 is 0. The normalized spacial score (nSPS) is 10.9. The Morgan fingerprint density at radius 3 is 2.53 bits per heavy atom. The molecule has 1 N–H and O–H groups in total. The van der Waals surface area contributed by atoms with Crippen LogP contribution in [0.3, 0.4) is 0 Å². The van der Waals surface area contributed by atoms with Crippen molar-refractivity contribution in [2.45, 2.75) is 58.9 Å². The van der Waals surface area contributed by atoms with E-state index in [1.807, 2.05) is 14.0 Å². The second-order valence-corrected chi connectivity index (χ2v) is 5.14. The van der Waals surface area contributed by atoms with Gasteiger partial charge in [-0.25, -0.2) is 4.68 Å². The number of aromatic nitrogens is 2. The van der Waals surface area contributed by atoms with Crippen molar-refractivity contribution in [3.63, 3.8) is 0 Å². The van der Waals surface area contributed by atoms with Gasteiger partial charge in [-0.05, 0) is 19.9 Å². The molecule has 0 aliphatic heterocycles. The van der Waals surface area contributed by atoms with Gasteiger partial charge >= 0.3 is 0 Å². The molecule has 110 valence electrons. The minimum atomic E-state index is 0.845. The standard InChI is InChI=1S/C15H29N3O/c1-5-6-7-8-9-10-11-16-12-14-13(2)17-18(3)15(14)19-4/h16H,5-12H2,1-4H3. The Balaban J connectivity index is 2.19. The van der Waals surface area contributed by atoms with Crippen LogP contribution in [0.4, 0.5) is 0 Å². The summed E-state index contributed by atoms with van der Waals surface area (Å²) in [6, 6.07) is 0. The van der Waals surface area contributed by atoms with E-state index in [4.69, 9.17) is 4.74 Å². The van der Waals surface area contributed by atoms with Crippen LogP contribution < -0.4 is 10.1 Å². The van der Waals surface area contributed by atoms with E-state index < -0.39 is 0 Å². The zero-order chi connectivity index (χ0) is 14.1. The van der Waals surface area contributed by atoms with Gasteiger partial charge < -0.3 is 10.1 Å². The lowest BCUT2D eigenvalue weighted by molar-refractivity contribution is 0.368. The highest BCUT2D eigenvalue weighted by Gasteiger charge is 2.12. The zero-order valence-corrected chi connectivity index (χ0v) is 13.0. The maximum Gasteiger partial charge on any atom is 0.216 e. The second kappa shape index (κ2) is 8.97. The van der Waals surface area contributed by atoms with E-state index in [2.05, 4.69) is 17.3 Å².